The molecule has 0 spiro atoms. The molecule has 320 valence electrons. The first-order valence-corrected chi connectivity index (χ1v) is 17.3. The molecule has 0 aliphatic rings. The van der Waals surface area contributed by atoms with Gasteiger partial charge in [0, 0.05) is 36.7 Å². The van der Waals surface area contributed by atoms with Crippen LogP contribution in [0.25, 0.3) is 0 Å². The first-order valence-electron chi connectivity index (χ1n) is 17.3. The summed E-state index contributed by atoms with van der Waals surface area (Å²) in [6, 6.07) is 12.8. The molecule has 0 bridgehead atoms. The Balaban J connectivity index is -0.000000455. The van der Waals surface area contributed by atoms with E-state index in [9.17, 15) is 34.2 Å². The van der Waals surface area contributed by atoms with Crippen molar-refractivity contribution in [2.75, 3.05) is 39.6 Å². The van der Waals surface area contributed by atoms with Crippen LogP contribution in [0.1, 0.15) is 129 Å². The summed E-state index contributed by atoms with van der Waals surface area (Å²) in [5, 5.41) is 28.0. The maximum Gasteiger partial charge on any atom is 0.330 e. The van der Waals surface area contributed by atoms with E-state index < -0.39 is 17.2 Å². The van der Waals surface area contributed by atoms with Crippen LogP contribution in [0.2, 0.25) is 0 Å². The van der Waals surface area contributed by atoms with E-state index in [-0.39, 0.29) is 86.2 Å². The molecule has 0 aliphatic carbocycles. The first kappa shape index (κ1) is 58.1. The van der Waals surface area contributed by atoms with Crippen molar-refractivity contribution in [1.29, 1.82) is 0 Å². The number of ether oxygens (including phenoxy) is 5. The molecule has 2 aromatic rings. The van der Waals surface area contributed by atoms with E-state index in [1.54, 1.807) is 48.5 Å². The summed E-state index contributed by atoms with van der Waals surface area (Å²) < 4.78 is 25.9. The fraction of sp³-hybridized carbons (Fsp3) is 0.558. The second-order valence-corrected chi connectivity index (χ2v) is 12.7. The van der Waals surface area contributed by atoms with E-state index in [1.807, 2.05) is 0 Å². The van der Waals surface area contributed by atoms with Gasteiger partial charge in [-0.15, -0.1) is 0 Å². The van der Waals surface area contributed by atoms with E-state index in [0.717, 1.165) is 18.9 Å². The third-order valence-corrected chi connectivity index (χ3v) is 7.05. The molecule has 0 atom stereocenters. The maximum atomic E-state index is 11.9. The van der Waals surface area contributed by atoms with Gasteiger partial charge in [-0.2, -0.15) is 0 Å². The Bertz CT molecular complexity index is 1390. The Labute approximate surface area is 335 Å². The second kappa shape index (κ2) is 31.6. The summed E-state index contributed by atoms with van der Waals surface area (Å²) in [6.45, 7) is 10.2. The standard InChI is InChI=1S/C21H28O7.C18H26O6.4CH4/c1-4-18(22)27-13-7-5-6-8-19(23)28-15-14-26-17-11-9-16(10-12-17)20(24)21(2,3)25;1-18(2,22)17(21)14-7-9-15(10-8-14)23-12-13-24-16(20)6-4-3-5-11-19;;;;/h4,9-12,25H,1,5-8,13-15H2,2-3H3;7-10,19,22H,3-6,11-13H2,1-2H3;4*1H4. The predicted octanol–water partition coefficient (Wildman–Crippen LogP) is 7.51. The normalized spacial score (nSPS) is 10.2. The number of hydrogen-bond donors (Lipinski definition) is 3. The number of carbonyl (C=O) groups is 5. The van der Waals surface area contributed by atoms with Crippen LogP contribution in [-0.2, 0) is 28.6 Å². The van der Waals surface area contributed by atoms with Gasteiger partial charge in [-0.3, -0.25) is 19.2 Å². The Morgan fingerprint density at radius 1 is 0.554 bits per heavy atom. The molecule has 0 aromatic heterocycles. The fourth-order valence-electron chi connectivity index (χ4n) is 4.22. The van der Waals surface area contributed by atoms with Crippen molar-refractivity contribution in [3.05, 3.63) is 72.3 Å². The molecule has 0 amide bonds. The summed E-state index contributed by atoms with van der Waals surface area (Å²) in [4.78, 5) is 57.7. The number of Topliss-reactive ketones (excluding diaryl/α,β-unsaturated/α-hetero) is 2. The van der Waals surface area contributed by atoms with Gasteiger partial charge in [0.25, 0.3) is 0 Å². The number of hydrogen-bond acceptors (Lipinski definition) is 13. The molecule has 0 fully saturated rings. The molecule has 0 aliphatic heterocycles. The van der Waals surface area contributed by atoms with Gasteiger partial charge in [0.1, 0.15) is 49.1 Å². The molecule has 0 unspecified atom stereocenters. The van der Waals surface area contributed by atoms with Crippen LogP contribution in [0.15, 0.2) is 61.2 Å². The van der Waals surface area contributed by atoms with Crippen LogP contribution in [0.3, 0.4) is 0 Å². The van der Waals surface area contributed by atoms with Gasteiger partial charge < -0.3 is 39.0 Å². The van der Waals surface area contributed by atoms with Crippen LogP contribution in [-0.4, -0.2) is 95.6 Å². The lowest BCUT2D eigenvalue weighted by atomic mass is 9.97. The zero-order valence-electron chi connectivity index (χ0n) is 30.7. The minimum absolute atomic E-state index is 0. The van der Waals surface area contributed by atoms with Crippen LogP contribution >= 0.6 is 0 Å². The van der Waals surface area contributed by atoms with E-state index in [1.165, 1.54) is 27.7 Å². The lowest BCUT2D eigenvalue weighted by Gasteiger charge is -2.15. The third-order valence-electron chi connectivity index (χ3n) is 7.05. The molecule has 0 saturated heterocycles. The van der Waals surface area contributed by atoms with Crippen LogP contribution < -0.4 is 9.47 Å². The van der Waals surface area contributed by atoms with E-state index >= 15 is 0 Å². The van der Waals surface area contributed by atoms with E-state index in [2.05, 4.69) is 6.58 Å². The molecular formula is C43H70O13. The van der Waals surface area contributed by atoms with E-state index in [4.69, 9.17) is 28.8 Å². The van der Waals surface area contributed by atoms with Crippen molar-refractivity contribution in [3.63, 3.8) is 0 Å². The SMILES string of the molecule is C.C.C.C.C=CC(=O)OCCCCCC(=O)OCCOc1ccc(C(=O)C(C)(C)O)cc1.CC(C)(O)C(=O)c1ccc(OCCOC(=O)CCCCCO)cc1. The number of benzene rings is 2. The summed E-state index contributed by atoms with van der Waals surface area (Å²) >= 11 is 0. The lowest BCUT2D eigenvalue weighted by molar-refractivity contribution is -0.145. The Morgan fingerprint density at radius 2 is 0.929 bits per heavy atom. The minimum Gasteiger partial charge on any atom is -0.490 e. The molecule has 56 heavy (non-hydrogen) atoms. The minimum atomic E-state index is -1.42. The molecule has 0 heterocycles. The number of carbonyl (C=O) groups excluding carboxylic acids is 5. The van der Waals surface area contributed by atoms with Crippen molar-refractivity contribution in [1.82, 2.24) is 0 Å². The van der Waals surface area contributed by atoms with Crippen molar-refractivity contribution in [2.24, 2.45) is 0 Å². The molecule has 2 aromatic carbocycles. The molecule has 3 N–H and O–H groups in total. The summed E-state index contributed by atoms with van der Waals surface area (Å²) in [6.07, 6.45) is 6.05. The Hall–Kier alpha value is -4.59. The number of aliphatic hydroxyl groups is 3. The zero-order valence-corrected chi connectivity index (χ0v) is 30.7. The summed E-state index contributed by atoms with van der Waals surface area (Å²) in [7, 11) is 0. The molecule has 2 rings (SSSR count). The summed E-state index contributed by atoms with van der Waals surface area (Å²) in [5.41, 5.74) is -2.03. The van der Waals surface area contributed by atoms with Crippen LogP contribution in [0, 0.1) is 0 Å². The number of aliphatic hydroxyl groups excluding tert-OH is 1. The highest BCUT2D eigenvalue weighted by Crippen LogP contribution is 2.18. The van der Waals surface area contributed by atoms with Gasteiger partial charge in [-0.1, -0.05) is 42.7 Å². The Kier molecular flexibility index (Phi) is 32.8. The molecule has 13 heteroatoms. The lowest BCUT2D eigenvalue weighted by Crippen LogP contribution is -2.30. The molecule has 0 saturated carbocycles. The van der Waals surface area contributed by atoms with Crippen LogP contribution in [0.4, 0.5) is 0 Å². The Morgan fingerprint density at radius 3 is 1.27 bits per heavy atom. The van der Waals surface area contributed by atoms with Gasteiger partial charge in [-0.25, -0.2) is 4.79 Å². The van der Waals surface area contributed by atoms with Gasteiger partial charge in [0.05, 0.1) is 6.61 Å². The number of rotatable bonds is 24. The highest BCUT2D eigenvalue weighted by Gasteiger charge is 2.25. The largest absolute Gasteiger partial charge is 0.490 e. The predicted molar refractivity (Wildman–Crippen MR) is 219 cm³/mol. The van der Waals surface area contributed by atoms with Gasteiger partial charge in [0.15, 0.2) is 11.6 Å². The first-order chi connectivity index (χ1) is 24.6. The van der Waals surface area contributed by atoms with Crippen molar-refractivity contribution in [3.8, 4) is 11.5 Å². The van der Waals surface area contributed by atoms with Crippen molar-refractivity contribution >= 4 is 29.5 Å². The highest BCUT2D eigenvalue weighted by atomic mass is 16.6. The zero-order chi connectivity index (χ0) is 39.0. The summed E-state index contributed by atoms with van der Waals surface area (Å²) in [5.74, 6) is -0.659. The molecular weight excluding hydrogens is 724 g/mol. The molecule has 0 radical (unpaired) electrons. The highest BCUT2D eigenvalue weighted by molar-refractivity contribution is 6.02. The maximum absolute atomic E-state index is 11.9. The topological polar surface area (TPSA) is 192 Å². The smallest absolute Gasteiger partial charge is 0.330 e. The monoisotopic (exact) mass is 794 g/mol. The quantitative estimate of drug-likeness (QED) is 0.0311. The fourth-order valence-corrected chi connectivity index (χ4v) is 4.22. The number of esters is 3. The second-order valence-electron chi connectivity index (χ2n) is 12.7. The average Bonchev–Trinajstić information content (AvgIpc) is 3.11. The van der Waals surface area contributed by atoms with Gasteiger partial charge in [0.2, 0.25) is 0 Å². The molecule has 13 nitrogen and oxygen atoms in total. The average molecular weight is 795 g/mol. The van der Waals surface area contributed by atoms with Crippen molar-refractivity contribution < 1.29 is 63.0 Å². The van der Waals surface area contributed by atoms with Gasteiger partial charge in [-0.05, 0) is 108 Å². The van der Waals surface area contributed by atoms with Gasteiger partial charge >= 0.3 is 17.9 Å². The number of unbranched alkanes of at least 4 members (excludes halogenated alkanes) is 4. The number of ketones is 2. The van der Waals surface area contributed by atoms with E-state index in [0.29, 0.717) is 67.8 Å². The van der Waals surface area contributed by atoms with Crippen LogP contribution in [0.5, 0.6) is 11.5 Å². The third kappa shape index (κ3) is 26.3. The van der Waals surface area contributed by atoms with Crippen molar-refractivity contribution in [2.45, 2.75) is 120 Å².